The Bertz CT molecular complexity index is 396. The summed E-state index contributed by atoms with van der Waals surface area (Å²) in [6.07, 6.45) is -3.53. The van der Waals surface area contributed by atoms with Gasteiger partial charge in [0.25, 0.3) is 0 Å². The molecule has 0 aliphatic heterocycles. The standard InChI is InChI=1S/C10H10BrFO4/c11-7-2-1-5(12)3-6(7)10(16)8(13)4-9(14)15/h1-3,8,10,13,16H,4H2,(H,14,15). The van der Waals surface area contributed by atoms with Gasteiger partial charge in [0.1, 0.15) is 11.9 Å². The van der Waals surface area contributed by atoms with Crippen molar-refractivity contribution in [3.8, 4) is 0 Å². The van der Waals surface area contributed by atoms with Crippen molar-refractivity contribution in [3.63, 3.8) is 0 Å². The number of carboxylic acid groups (broad SMARTS) is 1. The summed E-state index contributed by atoms with van der Waals surface area (Å²) in [7, 11) is 0. The molecule has 16 heavy (non-hydrogen) atoms. The lowest BCUT2D eigenvalue weighted by Gasteiger charge is -2.17. The predicted octanol–water partition coefficient (Wildman–Crippen LogP) is 1.46. The smallest absolute Gasteiger partial charge is 0.306 e. The lowest BCUT2D eigenvalue weighted by atomic mass is 10.0. The number of benzene rings is 1. The maximum atomic E-state index is 12.9. The van der Waals surface area contributed by atoms with Gasteiger partial charge in [-0.1, -0.05) is 15.9 Å². The largest absolute Gasteiger partial charge is 0.481 e. The molecule has 0 saturated carbocycles. The summed E-state index contributed by atoms with van der Waals surface area (Å²) in [5.74, 6) is -1.81. The number of aliphatic hydroxyl groups excluding tert-OH is 2. The number of halogens is 2. The average molecular weight is 293 g/mol. The molecule has 6 heteroatoms. The minimum absolute atomic E-state index is 0.119. The van der Waals surface area contributed by atoms with Gasteiger partial charge in [-0.25, -0.2) is 4.39 Å². The van der Waals surface area contributed by atoms with Crippen LogP contribution in [0.15, 0.2) is 22.7 Å². The summed E-state index contributed by atoms with van der Waals surface area (Å²) in [4.78, 5) is 10.3. The van der Waals surface area contributed by atoms with E-state index in [-0.39, 0.29) is 5.56 Å². The van der Waals surface area contributed by atoms with Crippen LogP contribution in [0.3, 0.4) is 0 Å². The third-order valence-electron chi connectivity index (χ3n) is 2.02. The van der Waals surface area contributed by atoms with E-state index < -0.39 is 30.4 Å². The molecule has 0 amide bonds. The second kappa shape index (κ2) is 5.38. The van der Waals surface area contributed by atoms with Gasteiger partial charge in [0.2, 0.25) is 0 Å². The molecule has 2 atom stereocenters. The van der Waals surface area contributed by atoms with Crippen molar-refractivity contribution in [2.24, 2.45) is 0 Å². The van der Waals surface area contributed by atoms with Gasteiger partial charge < -0.3 is 15.3 Å². The molecule has 0 aliphatic carbocycles. The molecule has 1 aromatic rings. The van der Waals surface area contributed by atoms with E-state index in [9.17, 15) is 19.4 Å². The first kappa shape index (κ1) is 13.1. The summed E-state index contributed by atoms with van der Waals surface area (Å²) in [5, 5.41) is 27.5. The molecule has 0 aliphatic rings. The second-order valence-corrected chi connectivity index (χ2v) is 4.13. The van der Waals surface area contributed by atoms with Gasteiger partial charge in [-0.3, -0.25) is 4.79 Å². The zero-order chi connectivity index (χ0) is 12.3. The van der Waals surface area contributed by atoms with Crippen LogP contribution >= 0.6 is 15.9 Å². The minimum Gasteiger partial charge on any atom is -0.481 e. The second-order valence-electron chi connectivity index (χ2n) is 3.28. The molecule has 0 spiro atoms. The van der Waals surface area contributed by atoms with Gasteiger partial charge in [-0.2, -0.15) is 0 Å². The van der Waals surface area contributed by atoms with Crippen molar-refractivity contribution in [2.75, 3.05) is 0 Å². The highest BCUT2D eigenvalue weighted by Crippen LogP contribution is 2.27. The van der Waals surface area contributed by atoms with Crippen LogP contribution in [0.4, 0.5) is 4.39 Å². The van der Waals surface area contributed by atoms with Gasteiger partial charge in [0.05, 0.1) is 12.5 Å². The van der Waals surface area contributed by atoms with E-state index in [4.69, 9.17) is 5.11 Å². The Morgan fingerprint density at radius 3 is 2.62 bits per heavy atom. The first-order valence-electron chi connectivity index (χ1n) is 4.44. The van der Waals surface area contributed by atoms with Crippen LogP contribution < -0.4 is 0 Å². The van der Waals surface area contributed by atoms with Crippen molar-refractivity contribution in [3.05, 3.63) is 34.1 Å². The molecule has 1 rings (SSSR count). The molecule has 4 nitrogen and oxygen atoms in total. The van der Waals surface area contributed by atoms with Crippen LogP contribution in [0.2, 0.25) is 0 Å². The van der Waals surface area contributed by atoms with E-state index in [0.717, 1.165) is 6.07 Å². The molecule has 0 radical (unpaired) electrons. The molecular weight excluding hydrogens is 283 g/mol. The quantitative estimate of drug-likeness (QED) is 0.785. The van der Waals surface area contributed by atoms with Crippen LogP contribution in [-0.2, 0) is 4.79 Å². The highest BCUT2D eigenvalue weighted by atomic mass is 79.9. The van der Waals surface area contributed by atoms with Crippen LogP contribution in [-0.4, -0.2) is 27.4 Å². The highest BCUT2D eigenvalue weighted by Gasteiger charge is 2.23. The van der Waals surface area contributed by atoms with Crippen LogP contribution in [0.1, 0.15) is 18.1 Å². The maximum Gasteiger partial charge on any atom is 0.306 e. The lowest BCUT2D eigenvalue weighted by Crippen LogP contribution is -2.22. The van der Waals surface area contributed by atoms with Gasteiger partial charge in [0.15, 0.2) is 0 Å². The molecular formula is C10H10BrFO4. The van der Waals surface area contributed by atoms with Gasteiger partial charge >= 0.3 is 5.97 Å². The average Bonchev–Trinajstić information content (AvgIpc) is 2.19. The van der Waals surface area contributed by atoms with Crippen molar-refractivity contribution in [1.29, 1.82) is 0 Å². The number of aliphatic hydroxyl groups is 2. The van der Waals surface area contributed by atoms with E-state index in [1.807, 2.05) is 0 Å². The van der Waals surface area contributed by atoms with E-state index in [1.54, 1.807) is 0 Å². The molecule has 88 valence electrons. The number of carboxylic acids is 1. The summed E-state index contributed by atoms with van der Waals surface area (Å²) in [5.41, 5.74) is 0.119. The normalized spacial score (nSPS) is 14.5. The highest BCUT2D eigenvalue weighted by molar-refractivity contribution is 9.10. The summed E-state index contributed by atoms with van der Waals surface area (Å²) < 4.78 is 13.3. The molecule has 0 heterocycles. The molecule has 1 aromatic carbocycles. The Labute approximate surface area is 99.5 Å². The third kappa shape index (κ3) is 3.26. The zero-order valence-electron chi connectivity index (χ0n) is 8.10. The number of rotatable bonds is 4. The van der Waals surface area contributed by atoms with Gasteiger partial charge in [-0.05, 0) is 18.2 Å². The predicted molar refractivity (Wildman–Crippen MR) is 57.3 cm³/mol. The van der Waals surface area contributed by atoms with E-state index in [1.165, 1.54) is 12.1 Å². The Morgan fingerprint density at radius 1 is 1.44 bits per heavy atom. The van der Waals surface area contributed by atoms with E-state index in [2.05, 4.69) is 15.9 Å². The zero-order valence-corrected chi connectivity index (χ0v) is 9.69. The molecule has 0 saturated heterocycles. The Morgan fingerprint density at radius 2 is 2.06 bits per heavy atom. The number of hydrogen-bond acceptors (Lipinski definition) is 3. The lowest BCUT2D eigenvalue weighted by molar-refractivity contribution is -0.141. The topological polar surface area (TPSA) is 77.8 Å². The van der Waals surface area contributed by atoms with E-state index >= 15 is 0 Å². The fourth-order valence-corrected chi connectivity index (χ4v) is 1.72. The molecule has 2 unspecified atom stereocenters. The maximum absolute atomic E-state index is 12.9. The summed E-state index contributed by atoms with van der Waals surface area (Å²) >= 11 is 3.08. The van der Waals surface area contributed by atoms with Crippen molar-refractivity contribution in [2.45, 2.75) is 18.6 Å². The summed E-state index contributed by atoms with van der Waals surface area (Å²) in [6, 6.07) is 3.60. The van der Waals surface area contributed by atoms with Crippen molar-refractivity contribution in [1.82, 2.24) is 0 Å². The molecule has 3 N–H and O–H groups in total. The Balaban J connectivity index is 2.90. The SMILES string of the molecule is O=C(O)CC(O)C(O)c1cc(F)ccc1Br. The fraction of sp³-hybridized carbons (Fsp3) is 0.300. The van der Waals surface area contributed by atoms with Crippen molar-refractivity contribution >= 4 is 21.9 Å². The minimum atomic E-state index is -1.48. The third-order valence-corrected chi connectivity index (χ3v) is 2.75. The molecule has 0 fully saturated rings. The number of carbonyl (C=O) groups is 1. The van der Waals surface area contributed by atoms with Gasteiger partial charge in [-0.15, -0.1) is 0 Å². The van der Waals surface area contributed by atoms with E-state index in [0.29, 0.717) is 4.47 Å². The number of hydrogen-bond donors (Lipinski definition) is 3. The first-order chi connectivity index (χ1) is 7.41. The van der Waals surface area contributed by atoms with Crippen molar-refractivity contribution < 1.29 is 24.5 Å². The van der Waals surface area contributed by atoms with Crippen LogP contribution in [0.25, 0.3) is 0 Å². The first-order valence-corrected chi connectivity index (χ1v) is 5.24. The fourth-order valence-electron chi connectivity index (χ4n) is 1.24. The monoisotopic (exact) mass is 292 g/mol. The Hall–Kier alpha value is -0.980. The number of aliphatic carboxylic acids is 1. The Kier molecular flexibility index (Phi) is 4.40. The van der Waals surface area contributed by atoms with Crippen LogP contribution in [0, 0.1) is 5.82 Å². The molecule has 0 aromatic heterocycles. The summed E-state index contributed by atoms with van der Waals surface area (Å²) in [6.45, 7) is 0. The van der Waals surface area contributed by atoms with Crippen LogP contribution in [0.5, 0.6) is 0 Å². The van der Waals surface area contributed by atoms with Gasteiger partial charge in [0, 0.05) is 10.0 Å². The molecule has 0 bridgehead atoms.